The molecule has 0 radical (unpaired) electrons. The van der Waals surface area contributed by atoms with Crippen molar-refractivity contribution in [3.8, 4) is 11.5 Å². The average molecular weight is 384 g/mol. The number of hydrazine groups is 1. The van der Waals surface area contributed by atoms with Crippen molar-refractivity contribution in [1.29, 1.82) is 0 Å². The summed E-state index contributed by atoms with van der Waals surface area (Å²) in [4.78, 5) is 1.15. The lowest BCUT2D eigenvalue weighted by atomic mass is 10.2. The second-order valence-electron chi connectivity index (χ2n) is 6.57. The van der Waals surface area contributed by atoms with E-state index in [2.05, 4.69) is 17.6 Å². The number of hydrogen-bond acceptors (Lipinski definition) is 7. The van der Waals surface area contributed by atoms with Crippen molar-refractivity contribution >= 4 is 22.5 Å². The van der Waals surface area contributed by atoms with Gasteiger partial charge >= 0.3 is 0 Å². The van der Waals surface area contributed by atoms with E-state index in [1.54, 1.807) is 11.9 Å². The van der Waals surface area contributed by atoms with Crippen LogP contribution in [0, 0.1) is 0 Å². The van der Waals surface area contributed by atoms with Crippen molar-refractivity contribution in [3.63, 3.8) is 0 Å². The molecule has 1 N–H and O–H groups in total. The number of epoxide rings is 2. The second kappa shape index (κ2) is 7.34. The first-order chi connectivity index (χ1) is 13.3. The average Bonchev–Trinajstić information content (AvgIpc) is 3.65. The first kappa shape index (κ1) is 16.8. The smallest absolute Gasteiger partial charge is 0.119 e. The van der Waals surface area contributed by atoms with Gasteiger partial charge in [-0.3, -0.25) is 5.43 Å². The Morgan fingerprint density at radius 3 is 2.00 bits per heavy atom. The molecule has 0 aromatic heterocycles. The zero-order chi connectivity index (χ0) is 18.1. The van der Waals surface area contributed by atoms with E-state index in [0.29, 0.717) is 13.2 Å². The zero-order valence-electron chi connectivity index (χ0n) is 14.7. The third kappa shape index (κ3) is 4.32. The summed E-state index contributed by atoms with van der Waals surface area (Å²) in [5.41, 5.74) is 5.50. The molecule has 2 fully saturated rings. The monoisotopic (exact) mass is 384 g/mol. The summed E-state index contributed by atoms with van der Waals surface area (Å²) in [5, 5.41) is 0. The normalized spacial score (nSPS) is 22.8. The van der Waals surface area contributed by atoms with Gasteiger partial charge in [0.1, 0.15) is 36.9 Å². The molecule has 0 spiro atoms. The Bertz CT molecular complexity index is 817. The van der Waals surface area contributed by atoms with Gasteiger partial charge in [-0.05, 0) is 42.0 Å². The fraction of sp³-hybridized carbons (Fsp3) is 0.300. The molecule has 27 heavy (non-hydrogen) atoms. The number of rotatable bonds is 8. The summed E-state index contributed by atoms with van der Waals surface area (Å²) in [6.07, 6.45) is 2.55. The summed E-state index contributed by atoms with van der Waals surface area (Å²) in [6, 6.07) is 16.2. The van der Waals surface area contributed by atoms with Gasteiger partial charge < -0.3 is 18.9 Å². The molecule has 2 aromatic rings. The molecular weight excluding hydrogens is 364 g/mol. The van der Waals surface area contributed by atoms with Crippen molar-refractivity contribution in [1.82, 2.24) is 5.43 Å². The lowest BCUT2D eigenvalue weighted by molar-refractivity contribution is 0.263. The Kier molecular flexibility index (Phi) is 4.57. The minimum Gasteiger partial charge on any atom is -0.491 e. The summed E-state index contributed by atoms with van der Waals surface area (Å²) in [5.74, 6) is 1.73. The van der Waals surface area contributed by atoms with E-state index < -0.39 is 0 Å². The maximum atomic E-state index is 5.69. The van der Waals surface area contributed by atoms with Crippen LogP contribution in [-0.4, -0.2) is 38.6 Å². The van der Waals surface area contributed by atoms with Gasteiger partial charge in [0.25, 0.3) is 0 Å². The van der Waals surface area contributed by atoms with E-state index in [0.717, 1.165) is 40.9 Å². The zero-order valence-corrected chi connectivity index (χ0v) is 15.5. The second-order valence-corrected chi connectivity index (χ2v) is 7.56. The SMILES string of the molecule is C1=C(c2ccc(OCC3CO3)cc2)SN(c2ccc(OCC3CO3)cc2)N1. The quantitative estimate of drug-likeness (QED) is 0.554. The predicted octanol–water partition coefficient (Wildman–Crippen LogP) is 3.21. The molecule has 5 rings (SSSR count). The standard InChI is InChI=1S/C20H20N2O4S/c1-5-16(23-10-18-12-25-18)6-2-14(1)20-9-21-22(27-20)15-3-7-17(8-4-15)24-11-19-13-26-19/h1-9,18-19,21H,10-13H2. The molecule has 3 aliphatic rings. The predicted molar refractivity (Wildman–Crippen MR) is 105 cm³/mol. The van der Waals surface area contributed by atoms with Crippen LogP contribution in [0.4, 0.5) is 5.69 Å². The third-order valence-electron chi connectivity index (χ3n) is 4.39. The van der Waals surface area contributed by atoms with Crippen LogP contribution >= 0.6 is 11.9 Å². The first-order valence-corrected chi connectivity index (χ1v) is 9.74. The largest absolute Gasteiger partial charge is 0.491 e. The molecular formula is C20H20N2O4S. The van der Waals surface area contributed by atoms with Gasteiger partial charge in [0.2, 0.25) is 0 Å². The number of nitrogens with one attached hydrogen (secondary N) is 1. The van der Waals surface area contributed by atoms with Crippen molar-refractivity contribution in [2.24, 2.45) is 0 Å². The van der Waals surface area contributed by atoms with E-state index in [9.17, 15) is 0 Å². The van der Waals surface area contributed by atoms with Crippen LogP contribution in [-0.2, 0) is 9.47 Å². The van der Waals surface area contributed by atoms with Crippen LogP contribution in [0.1, 0.15) is 5.56 Å². The highest BCUT2D eigenvalue weighted by atomic mass is 32.2. The molecule has 0 amide bonds. The molecule has 0 bridgehead atoms. The van der Waals surface area contributed by atoms with Crippen LogP contribution in [0.3, 0.4) is 0 Å². The molecule has 2 unspecified atom stereocenters. The third-order valence-corrected chi connectivity index (χ3v) is 5.44. The molecule has 7 heteroatoms. The highest BCUT2D eigenvalue weighted by Crippen LogP contribution is 2.37. The maximum Gasteiger partial charge on any atom is 0.119 e. The van der Waals surface area contributed by atoms with E-state index in [4.69, 9.17) is 18.9 Å². The van der Waals surface area contributed by atoms with E-state index >= 15 is 0 Å². The van der Waals surface area contributed by atoms with Crippen LogP contribution < -0.4 is 19.3 Å². The fourth-order valence-electron chi connectivity index (χ4n) is 2.63. The van der Waals surface area contributed by atoms with Crippen molar-refractivity contribution in [2.75, 3.05) is 30.8 Å². The molecule has 2 aromatic carbocycles. The van der Waals surface area contributed by atoms with Gasteiger partial charge in [-0.1, -0.05) is 12.1 Å². The highest BCUT2D eigenvalue weighted by Gasteiger charge is 2.24. The summed E-state index contributed by atoms with van der Waals surface area (Å²) in [7, 11) is 0. The molecule has 0 aliphatic carbocycles. The first-order valence-electron chi connectivity index (χ1n) is 8.97. The molecule has 140 valence electrons. The van der Waals surface area contributed by atoms with E-state index in [1.807, 2.05) is 47.0 Å². The Balaban J connectivity index is 1.16. The minimum absolute atomic E-state index is 0.270. The summed E-state index contributed by atoms with van der Waals surface area (Å²) >= 11 is 1.65. The molecule has 6 nitrogen and oxygen atoms in total. The molecule has 2 saturated heterocycles. The van der Waals surface area contributed by atoms with Crippen LogP contribution in [0.15, 0.2) is 54.7 Å². The van der Waals surface area contributed by atoms with Gasteiger partial charge in [0, 0.05) is 18.1 Å². The molecule has 3 heterocycles. The van der Waals surface area contributed by atoms with Gasteiger partial charge in [0.05, 0.1) is 23.8 Å². The van der Waals surface area contributed by atoms with Gasteiger partial charge in [-0.2, -0.15) is 0 Å². The Morgan fingerprint density at radius 2 is 1.44 bits per heavy atom. The minimum atomic E-state index is 0.270. The molecule has 0 saturated carbocycles. The maximum absolute atomic E-state index is 5.69. The lowest BCUT2D eigenvalue weighted by Gasteiger charge is -2.17. The Labute approximate surface area is 162 Å². The van der Waals surface area contributed by atoms with Gasteiger partial charge in [-0.15, -0.1) is 0 Å². The van der Waals surface area contributed by atoms with Gasteiger partial charge in [0.15, 0.2) is 0 Å². The lowest BCUT2D eigenvalue weighted by Crippen LogP contribution is -2.22. The molecule has 3 aliphatic heterocycles. The summed E-state index contributed by atoms with van der Waals surface area (Å²) in [6.45, 7) is 2.86. The summed E-state index contributed by atoms with van der Waals surface area (Å²) < 4.78 is 23.7. The number of ether oxygens (including phenoxy) is 4. The van der Waals surface area contributed by atoms with Crippen LogP contribution in [0.25, 0.3) is 4.91 Å². The van der Waals surface area contributed by atoms with Crippen LogP contribution in [0.5, 0.6) is 11.5 Å². The topological polar surface area (TPSA) is 58.8 Å². The fourth-order valence-corrected chi connectivity index (χ4v) is 3.51. The molecule has 2 atom stereocenters. The van der Waals surface area contributed by atoms with Gasteiger partial charge in [-0.25, -0.2) is 4.41 Å². The van der Waals surface area contributed by atoms with Crippen molar-refractivity contribution in [3.05, 3.63) is 60.3 Å². The van der Waals surface area contributed by atoms with Crippen molar-refractivity contribution in [2.45, 2.75) is 12.2 Å². The Morgan fingerprint density at radius 1 is 0.889 bits per heavy atom. The van der Waals surface area contributed by atoms with E-state index in [-0.39, 0.29) is 12.2 Å². The Hall–Kier alpha value is -2.35. The van der Waals surface area contributed by atoms with Crippen LogP contribution in [0.2, 0.25) is 0 Å². The van der Waals surface area contributed by atoms with Crippen molar-refractivity contribution < 1.29 is 18.9 Å². The highest BCUT2D eigenvalue weighted by molar-refractivity contribution is 8.09. The van der Waals surface area contributed by atoms with E-state index in [1.165, 1.54) is 0 Å². The number of nitrogens with zero attached hydrogens (tertiary/aromatic N) is 1. The number of anilines is 1. The number of benzene rings is 2. The number of hydrogen-bond donors (Lipinski definition) is 1.